The molecule has 2 unspecified atom stereocenters. The number of nitrogens with zero attached hydrogens (tertiary/aromatic N) is 1. The molecule has 20 heavy (non-hydrogen) atoms. The number of hydrogen-bond acceptors (Lipinski definition) is 2. The molecule has 2 fully saturated rings. The molecule has 0 spiro atoms. The van der Waals surface area contributed by atoms with Crippen molar-refractivity contribution in [3.05, 3.63) is 34.3 Å². The number of rotatable bonds is 1. The summed E-state index contributed by atoms with van der Waals surface area (Å²) in [6, 6.07) is 6.64. The summed E-state index contributed by atoms with van der Waals surface area (Å²) in [5, 5.41) is 4.23. The second-order valence-corrected chi connectivity index (χ2v) is 6.13. The molecule has 1 aromatic carbocycles. The Morgan fingerprint density at radius 3 is 2.75 bits per heavy atom. The minimum absolute atomic E-state index is 0. The normalized spacial score (nSPS) is 25.0. The van der Waals surface area contributed by atoms with Crippen LogP contribution < -0.4 is 5.32 Å². The standard InChI is InChI=1S/C15H19ClN2O.ClH/c1-10-6-11(8-12(16)7-10)15(19)18-5-4-13-2-3-14(9-18)17-13;/h6-8,13-14,17H,2-5,9H2,1H3;1H. The first-order valence-corrected chi connectivity index (χ1v) is 7.32. The topological polar surface area (TPSA) is 32.3 Å². The van der Waals surface area contributed by atoms with Crippen LogP contribution in [0.3, 0.4) is 0 Å². The maximum Gasteiger partial charge on any atom is 0.253 e. The van der Waals surface area contributed by atoms with Crippen molar-refractivity contribution < 1.29 is 4.79 Å². The Morgan fingerprint density at radius 1 is 1.25 bits per heavy atom. The second-order valence-electron chi connectivity index (χ2n) is 5.69. The van der Waals surface area contributed by atoms with Crippen molar-refractivity contribution in [2.75, 3.05) is 13.1 Å². The van der Waals surface area contributed by atoms with E-state index in [2.05, 4.69) is 5.32 Å². The van der Waals surface area contributed by atoms with Crippen molar-refractivity contribution in [1.29, 1.82) is 0 Å². The fourth-order valence-electron chi connectivity index (χ4n) is 3.17. The summed E-state index contributed by atoms with van der Waals surface area (Å²) in [5.74, 6) is 0.111. The van der Waals surface area contributed by atoms with Crippen molar-refractivity contribution in [2.45, 2.75) is 38.3 Å². The van der Waals surface area contributed by atoms with Crippen LogP contribution in [0.1, 0.15) is 35.2 Å². The molecule has 0 saturated carbocycles. The summed E-state index contributed by atoms with van der Waals surface area (Å²) in [6.07, 6.45) is 3.49. The van der Waals surface area contributed by atoms with Crippen LogP contribution in [0.5, 0.6) is 0 Å². The number of nitrogens with one attached hydrogen (secondary N) is 1. The Labute approximate surface area is 131 Å². The zero-order chi connectivity index (χ0) is 13.4. The van der Waals surface area contributed by atoms with Gasteiger partial charge in [0.15, 0.2) is 0 Å². The molecular weight excluding hydrogens is 295 g/mol. The van der Waals surface area contributed by atoms with Gasteiger partial charge in [0.2, 0.25) is 0 Å². The molecule has 110 valence electrons. The second kappa shape index (κ2) is 6.33. The third-order valence-electron chi connectivity index (χ3n) is 4.10. The lowest BCUT2D eigenvalue weighted by molar-refractivity contribution is 0.0748. The minimum Gasteiger partial charge on any atom is -0.337 e. The van der Waals surface area contributed by atoms with Gasteiger partial charge in [0.05, 0.1) is 0 Å². The number of carbonyl (C=O) groups is 1. The number of halogens is 2. The Hall–Kier alpha value is -0.770. The Morgan fingerprint density at radius 2 is 2.00 bits per heavy atom. The number of amides is 1. The third-order valence-corrected chi connectivity index (χ3v) is 4.32. The Balaban J connectivity index is 0.00000147. The summed E-state index contributed by atoms with van der Waals surface area (Å²) in [6.45, 7) is 3.63. The highest BCUT2D eigenvalue weighted by Gasteiger charge is 2.31. The fraction of sp³-hybridized carbons (Fsp3) is 0.533. The third kappa shape index (κ3) is 3.27. The van der Waals surface area contributed by atoms with Gasteiger partial charge in [0, 0.05) is 35.8 Å². The minimum atomic E-state index is 0. The SMILES string of the molecule is Cc1cc(Cl)cc(C(=O)N2CCC3CCC(C2)N3)c1.Cl. The molecule has 1 amide bonds. The van der Waals surface area contributed by atoms with Crippen LogP contribution in [0.15, 0.2) is 18.2 Å². The van der Waals surface area contributed by atoms with Gasteiger partial charge in [-0.3, -0.25) is 4.79 Å². The molecule has 2 aliphatic heterocycles. The van der Waals surface area contributed by atoms with E-state index in [-0.39, 0.29) is 18.3 Å². The van der Waals surface area contributed by atoms with E-state index < -0.39 is 0 Å². The summed E-state index contributed by atoms with van der Waals surface area (Å²) < 4.78 is 0. The van der Waals surface area contributed by atoms with Gasteiger partial charge in [-0.15, -0.1) is 12.4 Å². The molecule has 2 saturated heterocycles. The number of benzene rings is 1. The Bertz CT molecular complexity index is 486. The smallest absolute Gasteiger partial charge is 0.253 e. The van der Waals surface area contributed by atoms with E-state index in [0.29, 0.717) is 22.7 Å². The first-order valence-electron chi connectivity index (χ1n) is 6.94. The van der Waals surface area contributed by atoms with Crippen molar-refractivity contribution in [2.24, 2.45) is 0 Å². The maximum absolute atomic E-state index is 12.6. The molecule has 3 nitrogen and oxygen atoms in total. The zero-order valence-electron chi connectivity index (χ0n) is 11.6. The van der Waals surface area contributed by atoms with E-state index in [1.54, 1.807) is 6.07 Å². The average Bonchev–Trinajstić information content (AvgIpc) is 2.67. The summed E-state index contributed by atoms with van der Waals surface area (Å²) in [4.78, 5) is 14.5. The molecule has 1 N–H and O–H groups in total. The zero-order valence-corrected chi connectivity index (χ0v) is 13.1. The summed E-state index contributed by atoms with van der Waals surface area (Å²) in [5.41, 5.74) is 1.74. The van der Waals surface area contributed by atoms with Gasteiger partial charge in [0.1, 0.15) is 0 Å². The predicted octanol–water partition coefficient (Wildman–Crippen LogP) is 3.04. The van der Waals surface area contributed by atoms with Gasteiger partial charge >= 0.3 is 0 Å². The summed E-state index contributed by atoms with van der Waals surface area (Å²) >= 11 is 6.05. The van der Waals surface area contributed by atoms with Crippen LogP contribution in [-0.2, 0) is 0 Å². The molecular formula is C15H20Cl2N2O. The predicted molar refractivity (Wildman–Crippen MR) is 83.9 cm³/mol. The average molecular weight is 315 g/mol. The van der Waals surface area contributed by atoms with Crippen molar-refractivity contribution >= 4 is 29.9 Å². The fourth-order valence-corrected chi connectivity index (χ4v) is 3.46. The lowest BCUT2D eigenvalue weighted by Gasteiger charge is -2.24. The van der Waals surface area contributed by atoms with Gasteiger partial charge in [-0.25, -0.2) is 0 Å². The molecule has 5 heteroatoms. The van der Waals surface area contributed by atoms with Crippen molar-refractivity contribution in [1.82, 2.24) is 10.2 Å². The molecule has 2 aliphatic rings. The number of hydrogen-bond donors (Lipinski definition) is 1. The first-order chi connectivity index (χ1) is 9.11. The molecule has 0 aliphatic carbocycles. The molecule has 0 aromatic heterocycles. The lowest BCUT2D eigenvalue weighted by atomic mass is 10.1. The van der Waals surface area contributed by atoms with E-state index in [4.69, 9.17) is 11.6 Å². The van der Waals surface area contributed by atoms with Crippen LogP contribution >= 0.6 is 24.0 Å². The lowest BCUT2D eigenvalue weighted by Crippen LogP contribution is -2.39. The number of likely N-dealkylation sites (tertiary alicyclic amines) is 1. The van der Waals surface area contributed by atoms with Crippen LogP contribution in [0.4, 0.5) is 0 Å². The highest BCUT2D eigenvalue weighted by atomic mass is 35.5. The molecule has 1 aromatic rings. The van der Waals surface area contributed by atoms with E-state index in [0.717, 1.165) is 25.1 Å². The van der Waals surface area contributed by atoms with Crippen LogP contribution in [0, 0.1) is 6.92 Å². The van der Waals surface area contributed by atoms with Crippen LogP contribution in [0.25, 0.3) is 0 Å². The molecule has 0 radical (unpaired) electrons. The van der Waals surface area contributed by atoms with Gasteiger partial charge in [-0.2, -0.15) is 0 Å². The van der Waals surface area contributed by atoms with E-state index >= 15 is 0 Å². The molecule has 2 bridgehead atoms. The molecule has 2 heterocycles. The van der Waals surface area contributed by atoms with E-state index in [1.807, 2.05) is 24.0 Å². The first kappa shape index (κ1) is 15.6. The van der Waals surface area contributed by atoms with Crippen molar-refractivity contribution in [3.63, 3.8) is 0 Å². The van der Waals surface area contributed by atoms with Crippen LogP contribution in [0.2, 0.25) is 5.02 Å². The molecule has 2 atom stereocenters. The highest BCUT2D eigenvalue weighted by molar-refractivity contribution is 6.31. The van der Waals surface area contributed by atoms with E-state index in [9.17, 15) is 4.79 Å². The number of fused-ring (bicyclic) bond motifs is 2. The van der Waals surface area contributed by atoms with Gasteiger partial charge in [-0.05, 0) is 49.9 Å². The van der Waals surface area contributed by atoms with Crippen LogP contribution in [-0.4, -0.2) is 36.0 Å². The highest BCUT2D eigenvalue weighted by Crippen LogP contribution is 2.22. The number of aryl methyl sites for hydroxylation is 1. The quantitative estimate of drug-likeness (QED) is 0.864. The van der Waals surface area contributed by atoms with E-state index in [1.165, 1.54) is 12.8 Å². The monoisotopic (exact) mass is 314 g/mol. The maximum atomic E-state index is 12.6. The number of carbonyl (C=O) groups excluding carboxylic acids is 1. The van der Waals surface area contributed by atoms with Gasteiger partial charge in [0.25, 0.3) is 5.91 Å². The molecule has 3 rings (SSSR count). The summed E-state index contributed by atoms with van der Waals surface area (Å²) in [7, 11) is 0. The van der Waals surface area contributed by atoms with Gasteiger partial charge < -0.3 is 10.2 Å². The largest absolute Gasteiger partial charge is 0.337 e. The van der Waals surface area contributed by atoms with Crippen molar-refractivity contribution in [3.8, 4) is 0 Å². The Kier molecular flexibility index (Phi) is 4.95. The van der Waals surface area contributed by atoms with Gasteiger partial charge in [-0.1, -0.05) is 11.6 Å².